The van der Waals surface area contributed by atoms with Crippen LogP contribution in [0.2, 0.25) is 0 Å². The van der Waals surface area contributed by atoms with Crippen molar-refractivity contribution in [3.63, 3.8) is 0 Å². The van der Waals surface area contributed by atoms with Gasteiger partial charge in [-0.1, -0.05) is 11.8 Å². The molecule has 2 aliphatic heterocycles. The monoisotopic (exact) mass is 562 g/mol. The third-order valence-corrected chi connectivity index (χ3v) is 9.46. The molecular formula is C16H17F3N4O9S3. The van der Waals surface area contributed by atoms with Gasteiger partial charge in [-0.3, -0.25) is 19.2 Å². The van der Waals surface area contributed by atoms with Crippen LogP contribution < -0.4 is 0 Å². The summed E-state index contributed by atoms with van der Waals surface area (Å²) in [6, 6.07) is -1.72. The van der Waals surface area contributed by atoms with Gasteiger partial charge >= 0.3 is 18.1 Å². The fourth-order valence-corrected chi connectivity index (χ4v) is 7.76. The Labute approximate surface area is 203 Å². The lowest BCUT2D eigenvalue weighted by Crippen LogP contribution is -2.75. The standard InChI is InChI=1S/C16H17F3N4O9S3/c1-7(24)23(35(30,31)6-16(17,18)19)10-11(27)22-3-15(13(28)29,4-33-12(10)22)5-34-14-21-20-8(32-14)2-9(25)26/h10,12H,2-6H2,1H3,(H,25,26)(H,28,29)/t10?,12-,15?/m1/s1. The van der Waals surface area contributed by atoms with E-state index in [0.717, 1.165) is 35.3 Å². The number of halogens is 3. The van der Waals surface area contributed by atoms with Crippen LogP contribution in [0, 0.1) is 5.41 Å². The number of aromatic nitrogens is 2. The van der Waals surface area contributed by atoms with Crippen molar-refractivity contribution in [2.45, 2.75) is 36.2 Å². The second kappa shape index (κ2) is 9.49. The maximum Gasteiger partial charge on any atom is 0.404 e. The van der Waals surface area contributed by atoms with E-state index in [0.29, 0.717) is 0 Å². The molecule has 1 aromatic rings. The number of carboxylic acids is 2. The van der Waals surface area contributed by atoms with Crippen molar-refractivity contribution >= 4 is 57.3 Å². The van der Waals surface area contributed by atoms with Gasteiger partial charge in [0.2, 0.25) is 21.8 Å². The van der Waals surface area contributed by atoms with E-state index < -0.39 is 75.5 Å². The van der Waals surface area contributed by atoms with Gasteiger partial charge in [0.25, 0.3) is 11.1 Å². The molecule has 194 valence electrons. The van der Waals surface area contributed by atoms with Gasteiger partial charge in [-0.05, 0) is 0 Å². The van der Waals surface area contributed by atoms with E-state index in [-0.39, 0.29) is 26.9 Å². The Morgan fingerprint density at radius 1 is 1.31 bits per heavy atom. The van der Waals surface area contributed by atoms with Crippen LogP contribution >= 0.6 is 23.5 Å². The maximum absolute atomic E-state index is 12.7. The minimum Gasteiger partial charge on any atom is -0.481 e. The average molecular weight is 563 g/mol. The van der Waals surface area contributed by atoms with Crippen molar-refractivity contribution in [2.24, 2.45) is 5.41 Å². The molecule has 2 N–H and O–H groups in total. The number of fused-ring (bicyclic) bond motifs is 1. The van der Waals surface area contributed by atoms with Gasteiger partial charge in [-0.2, -0.15) is 13.2 Å². The second-order valence-corrected chi connectivity index (χ2v) is 11.6. The van der Waals surface area contributed by atoms with Gasteiger partial charge in [0.05, 0.1) is 0 Å². The van der Waals surface area contributed by atoms with Crippen molar-refractivity contribution in [1.29, 1.82) is 0 Å². The topological polar surface area (TPSA) is 188 Å². The largest absolute Gasteiger partial charge is 0.481 e. The highest BCUT2D eigenvalue weighted by Gasteiger charge is 2.61. The van der Waals surface area contributed by atoms with E-state index >= 15 is 0 Å². The Kier molecular flexibility index (Phi) is 7.34. The Morgan fingerprint density at radius 2 is 1.97 bits per heavy atom. The predicted octanol–water partition coefficient (Wildman–Crippen LogP) is -0.116. The maximum atomic E-state index is 12.7. The molecule has 3 atom stereocenters. The Balaban J connectivity index is 1.75. The quantitative estimate of drug-likeness (QED) is 0.300. The number of carbonyl (C=O) groups is 4. The predicted molar refractivity (Wildman–Crippen MR) is 111 cm³/mol. The van der Waals surface area contributed by atoms with Gasteiger partial charge in [0, 0.05) is 25.0 Å². The molecule has 35 heavy (non-hydrogen) atoms. The van der Waals surface area contributed by atoms with Crippen molar-refractivity contribution in [3.05, 3.63) is 5.89 Å². The fourth-order valence-electron chi connectivity index (χ4n) is 3.50. The number of nitrogens with zero attached hydrogens (tertiary/aromatic N) is 4. The van der Waals surface area contributed by atoms with Crippen LogP contribution in [0.4, 0.5) is 13.2 Å². The van der Waals surface area contributed by atoms with E-state index in [9.17, 15) is 45.9 Å². The summed E-state index contributed by atoms with van der Waals surface area (Å²) in [5.74, 6) is -7.71. The van der Waals surface area contributed by atoms with E-state index in [2.05, 4.69) is 10.2 Å². The summed E-state index contributed by atoms with van der Waals surface area (Å²) in [6.45, 7) is 0.308. The summed E-state index contributed by atoms with van der Waals surface area (Å²) in [5.41, 5.74) is -1.58. The lowest BCUT2D eigenvalue weighted by atomic mass is 9.89. The van der Waals surface area contributed by atoms with Crippen LogP contribution in [0.5, 0.6) is 0 Å². The SMILES string of the molecule is CC(=O)N(C1C(=O)N2CC(CSc3nnc(CC(=O)O)o3)(C(=O)O)CS[C@H]12)S(=O)(=O)CC(F)(F)F. The zero-order valence-corrected chi connectivity index (χ0v) is 20.0. The number of carboxylic acid groups (broad SMARTS) is 2. The summed E-state index contributed by atoms with van der Waals surface area (Å²) >= 11 is 1.62. The number of aliphatic carboxylic acids is 2. The number of carbonyl (C=O) groups excluding carboxylic acids is 2. The first-order chi connectivity index (χ1) is 16.1. The molecular weight excluding hydrogens is 545 g/mol. The zero-order chi connectivity index (χ0) is 26.3. The summed E-state index contributed by atoms with van der Waals surface area (Å²) in [6.07, 6.45) is -5.68. The summed E-state index contributed by atoms with van der Waals surface area (Å²) in [5, 5.41) is 24.5. The number of hydrogen-bond donors (Lipinski definition) is 2. The van der Waals surface area contributed by atoms with Crippen molar-refractivity contribution in [2.75, 3.05) is 23.8 Å². The highest BCUT2D eigenvalue weighted by atomic mass is 32.2. The molecule has 0 radical (unpaired) electrons. The van der Waals surface area contributed by atoms with Gasteiger partial charge in [0.15, 0.2) is 11.8 Å². The molecule has 19 heteroatoms. The van der Waals surface area contributed by atoms with Gasteiger partial charge in [-0.15, -0.1) is 22.0 Å². The molecule has 0 aliphatic carbocycles. The molecule has 0 spiro atoms. The number of alkyl halides is 3. The van der Waals surface area contributed by atoms with E-state index in [1.807, 2.05) is 0 Å². The highest BCUT2D eigenvalue weighted by Crippen LogP contribution is 2.46. The van der Waals surface area contributed by atoms with E-state index in [1.165, 1.54) is 0 Å². The molecule has 2 amide bonds. The molecule has 1 aromatic heterocycles. The minimum atomic E-state index is -5.21. The third kappa shape index (κ3) is 5.66. The molecule has 0 bridgehead atoms. The smallest absolute Gasteiger partial charge is 0.404 e. The average Bonchev–Trinajstić information content (AvgIpc) is 3.14. The summed E-state index contributed by atoms with van der Waals surface area (Å²) in [4.78, 5) is 48.4. The van der Waals surface area contributed by atoms with E-state index in [1.54, 1.807) is 0 Å². The van der Waals surface area contributed by atoms with Gasteiger partial charge < -0.3 is 19.5 Å². The van der Waals surface area contributed by atoms with Crippen LogP contribution in [0.15, 0.2) is 9.64 Å². The van der Waals surface area contributed by atoms with Crippen molar-refractivity contribution in [3.8, 4) is 0 Å². The number of β-lactam (4-membered cyclic amide) rings is 1. The lowest BCUT2D eigenvalue weighted by molar-refractivity contribution is -0.161. The van der Waals surface area contributed by atoms with Crippen LogP contribution in [-0.4, -0.2) is 103 Å². The third-order valence-electron chi connectivity index (χ3n) is 5.00. The van der Waals surface area contributed by atoms with Crippen LogP contribution in [-0.2, 0) is 35.6 Å². The molecule has 3 rings (SSSR count). The van der Waals surface area contributed by atoms with Crippen LogP contribution in [0.3, 0.4) is 0 Å². The molecule has 2 aliphatic rings. The zero-order valence-electron chi connectivity index (χ0n) is 17.6. The molecule has 2 unspecified atom stereocenters. The Hall–Kier alpha value is -2.54. The highest BCUT2D eigenvalue weighted by molar-refractivity contribution is 8.00. The first-order valence-corrected chi connectivity index (χ1v) is 13.1. The molecule has 2 fully saturated rings. The van der Waals surface area contributed by atoms with Crippen LogP contribution in [0.1, 0.15) is 12.8 Å². The molecule has 13 nitrogen and oxygen atoms in total. The van der Waals surface area contributed by atoms with E-state index in [4.69, 9.17) is 9.52 Å². The fraction of sp³-hybridized carbons (Fsp3) is 0.625. The van der Waals surface area contributed by atoms with Crippen LogP contribution in [0.25, 0.3) is 0 Å². The Morgan fingerprint density at radius 3 is 2.51 bits per heavy atom. The molecule has 0 saturated carbocycles. The first kappa shape index (κ1) is 27.1. The lowest BCUT2D eigenvalue weighted by Gasteiger charge is -2.55. The normalized spacial score (nSPS) is 24.5. The van der Waals surface area contributed by atoms with Gasteiger partial charge in [0.1, 0.15) is 17.2 Å². The molecule has 2 saturated heterocycles. The number of hydrogen-bond acceptors (Lipinski definition) is 11. The summed E-state index contributed by atoms with van der Waals surface area (Å²) < 4.78 is 67.8. The molecule has 0 aromatic carbocycles. The minimum absolute atomic E-state index is 0.0814. The second-order valence-electron chi connectivity index (χ2n) is 7.71. The van der Waals surface area contributed by atoms with Crippen molar-refractivity contribution in [1.82, 2.24) is 19.4 Å². The molecule has 3 heterocycles. The number of amides is 2. The number of rotatable bonds is 9. The van der Waals surface area contributed by atoms with Crippen molar-refractivity contribution < 1.29 is 55.4 Å². The number of sulfonamides is 1. The Bertz CT molecular complexity index is 1160. The van der Waals surface area contributed by atoms with Gasteiger partial charge in [-0.25, -0.2) is 12.7 Å². The summed E-state index contributed by atoms with van der Waals surface area (Å²) in [7, 11) is -5.21. The first-order valence-electron chi connectivity index (χ1n) is 9.48. The number of thioether (sulfide) groups is 2.